The minimum atomic E-state index is -4.50. The van der Waals surface area contributed by atoms with E-state index in [0.29, 0.717) is 5.56 Å². The Kier molecular flexibility index (Phi) is 5.18. The van der Waals surface area contributed by atoms with Crippen molar-refractivity contribution in [3.8, 4) is 0 Å². The molecule has 1 aromatic heterocycles. The standard InChI is InChI=1S/C15H12ClF3N2O3/c1-8-2-3-9(13(22)20-7-15(17,18)19)6-10(8)21-14(23)11-4-5-12(16)24-11/h2-6H,7H2,1H3,(H,20,22)(H,21,23). The number of aryl methyl sites for hydroxylation is 1. The zero-order valence-electron chi connectivity index (χ0n) is 12.3. The molecule has 0 aliphatic carbocycles. The van der Waals surface area contributed by atoms with Gasteiger partial charge < -0.3 is 15.1 Å². The number of amides is 2. The summed E-state index contributed by atoms with van der Waals surface area (Å²) in [7, 11) is 0. The molecule has 0 fully saturated rings. The second kappa shape index (κ2) is 6.96. The van der Waals surface area contributed by atoms with Crippen LogP contribution in [-0.2, 0) is 0 Å². The van der Waals surface area contributed by atoms with Gasteiger partial charge in [-0.3, -0.25) is 9.59 Å². The molecule has 9 heteroatoms. The molecule has 1 heterocycles. The summed E-state index contributed by atoms with van der Waals surface area (Å²) < 4.78 is 41.4. The molecule has 0 saturated carbocycles. The number of anilines is 1. The number of nitrogens with one attached hydrogen (secondary N) is 2. The van der Waals surface area contributed by atoms with Crippen molar-refractivity contribution in [1.82, 2.24) is 5.32 Å². The zero-order chi connectivity index (χ0) is 17.9. The lowest BCUT2D eigenvalue weighted by molar-refractivity contribution is -0.123. The number of alkyl halides is 3. The van der Waals surface area contributed by atoms with Crippen LogP contribution >= 0.6 is 11.6 Å². The van der Waals surface area contributed by atoms with E-state index in [1.54, 1.807) is 12.2 Å². The molecule has 0 aliphatic heterocycles. The lowest BCUT2D eigenvalue weighted by Gasteiger charge is -2.11. The van der Waals surface area contributed by atoms with Gasteiger partial charge in [0.1, 0.15) is 6.54 Å². The van der Waals surface area contributed by atoms with Crippen LogP contribution in [0.15, 0.2) is 34.7 Å². The SMILES string of the molecule is Cc1ccc(C(=O)NCC(F)(F)F)cc1NC(=O)c1ccc(Cl)o1. The average molecular weight is 361 g/mol. The van der Waals surface area contributed by atoms with Gasteiger partial charge in [-0.1, -0.05) is 6.07 Å². The number of halogens is 4. The van der Waals surface area contributed by atoms with Gasteiger partial charge in [0.2, 0.25) is 0 Å². The summed E-state index contributed by atoms with van der Waals surface area (Å²) in [5.74, 6) is -1.53. The largest absolute Gasteiger partial charge is 0.440 e. The van der Waals surface area contributed by atoms with E-state index in [9.17, 15) is 22.8 Å². The second-order valence-electron chi connectivity index (χ2n) is 4.89. The molecule has 2 amide bonds. The van der Waals surface area contributed by atoms with Gasteiger partial charge in [-0.25, -0.2) is 0 Å². The summed E-state index contributed by atoms with van der Waals surface area (Å²) in [6.45, 7) is 0.231. The van der Waals surface area contributed by atoms with Crippen molar-refractivity contribution in [1.29, 1.82) is 0 Å². The first-order valence-corrected chi connectivity index (χ1v) is 7.06. The molecule has 0 saturated heterocycles. The molecular weight excluding hydrogens is 349 g/mol. The molecule has 2 N–H and O–H groups in total. The first kappa shape index (κ1) is 17.9. The van der Waals surface area contributed by atoms with E-state index in [2.05, 4.69) is 5.32 Å². The molecule has 128 valence electrons. The van der Waals surface area contributed by atoms with E-state index >= 15 is 0 Å². The first-order chi connectivity index (χ1) is 11.2. The van der Waals surface area contributed by atoms with Crippen molar-refractivity contribution >= 4 is 29.1 Å². The summed E-state index contributed by atoms with van der Waals surface area (Å²) in [5.41, 5.74) is 0.873. The number of hydrogen-bond donors (Lipinski definition) is 2. The van der Waals surface area contributed by atoms with Gasteiger partial charge >= 0.3 is 6.18 Å². The molecule has 0 spiro atoms. The number of benzene rings is 1. The van der Waals surface area contributed by atoms with Crippen LogP contribution in [0.5, 0.6) is 0 Å². The summed E-state index contributed by atoms with van der Waals surface area (Å²) >= 11 is 5.59. The number of carbonyl (C=O) groups excluding carboxylic acids is 2. The van der Waals surface area contributed by atoms with Gasteiger partial charge in [-0.05, 0) is 48.4 Å². The minimum Gasteiger partial charge on any atom is -0.440 e. The Morgan fingerprint density at radius 2 is 1.88 bits per heavy atom. The number of carbonyl (C=O) groups is 2. The topological polar surface area (TPSA) is 71.3 Å². The third-order valence-electron chi connectivity index (χ3n) is 2.99. The van der Waals surface area contributed by atoms with Gasteiger partial charge in [0.15, 0.2) is 11.0 Å². The van der Waals surface area contributed by atoms with E-state index in [4.69, 9.17) is 16.0 Å². The van der Waals surface area contributed by atoms with Crippen LogP contribution in [-0.4, -0.2) is 24.5 Å². The van der Waals surface area contributed by atoms with Crippen molar-refractivity contribution in [3.05, 3.63) is 52.4 Å². The normalized spacial score (nSPS) is 11.2. The zero-order valence-corrected chi connectivity index (χ0v) is 13.1. The van der Waals surface area contributed by atoms with E-state index in [-0.39, 0.29) is 22.2 Å². The Balaban J connectivity index is 2.13. The molecule has 1 aromatic carbocycles. The van der Waals surface area contributed by atoms with Gasteiger partial charge in [0, 0.05) is 11.3 Å². The second-order valence-corrected chi connectivity index (χ2v) is 5.26. The van der Waals surface area contributed by atoms with Crippen LogP contribution in [0.3, 0.4) is 0 Å². The van der Waals surface area contributed by atoms with Gasteiger partial charge in [0.05, 0.1) is 0 Å². The van der Waals surface area contributed by atoms with Crippen LogP contribution in [0.4, 0.5) is 18.9 Å². The van der Waals surface area contributed by atoms with Crippen molar-refractivity contribution in [2.24, 2.45) is 0 Å². The Morgan fingerprint density at radius 3 is 2.46 bits per heavy atom. The quantitative estimate of drug-likeness (QED) is 0.871. The third kappa shape index (κ3) is 4.76. The predicted octanol–water partition coefficient (Wildman–Crippen LogP) is 3.79. The van der Waals surface area contributed by atoms with E-state index in [1.165, 1.54) is 30.3 Å². The molecule has 2 rings (SSSR count). The van der Waals surface area contributed by atoms with Crippen LogP contribution in [0.25, 0.3) is 0 Å². The first-order valence-electron chi connectivity index (χ1n) is 6.68. The number of rotatable bonds is 4. The highest BCUT2D eigenvalue weighted by Gasteiger charge is 2.28. The number of hydrogen-bond acceptors (Lipinski definition) is 3. The van der Waals surface area contributed by atoms with Crippen LogP contribution in [0, 0.1) is 6.92 Å². The Morgan fingerprint density at radius 1 is 1.17 bits per heavy atom. The third-order valence-corrected chi connectivity index (χ3v) is 3.20. The smallest absolute Gasteiger partial charge is 0.405 e. The van der Waals surface area contributed by atoms with Crippen LogP contribution in [0.1, 0.15) is 26.5 Å². The van der Waals surface area contributed by atoms with Crippen molar-refractivity contribution in [2.45, 2.75) is 13.1 Å². The molecule has 2 aromatic rings. The molecule has 5 nitrogen and oxygen atoms in total. The molecule has 0 unspecified atom stereocenters. The molecule has 0 aliphatic rings. The maximum absolute atomic E-state index is 12.1. The van der Waals surface area contributed by atoms with Crippen LogP contribution in [0.2, 0.25) is 5.22 Å². The van der Waals surface area contributed by atoms with Crippen molar-refractivity contribution < 1.29 is 27.2 Å². The minimum absolute atomic E-state index is 0.0161. The van der Waals surface area contributed by atoms with Crippen molar-refractivity contribution in [2.75, 3.05) is 11.9 Å². The fourth-order valence-electron chi connectivity index (χ4n) is 1.80. The molecule has 0 atom stereocenters. The highest BCUT2D eigenvalue weighted by Crippen LogP contribution is 2.20. The number of furan rings is 1. The van der Waals surface area contributed by atoms with Crippen molar-refractivity contribution in [3.63, 3.8) is 0 Å². The average Bonchev–Trinajstić information content (AvgIpc) is 2.93. The van der Waals surface area contributed by atoms with Gasteiger partial charge in [-0.2, -0.15) is 13.2 Å². The molecule has 24 heavy (non-hydrogen) atoms. The fourth-order valence-corrected chi connectivity index (χ4v) is 1.95. The summed E-state index contributed by atoms with van der Waals surface area (Å²) in [6.07, 6.45) is -4.50. The Hall–Kier alpha value is -2.48. The van der Waals surface area contributed by atoms with E-state index < -0.39 is 24.5 Å². The lowest BCUT2D eigenvalue weighted by atomic mass is 10.1. The maximum Gasteiger partial charge on any atom is 0.405 e. The Bertz CT molecular complexity index is 772. The summed E-state index contributed by atoms with van der Waals surface area (Å²) in [4.78, 5) is 23.8. The fraction of sp³-hybridized carbons (Fsp3) is 0.200. The lowest BCUT2D eigenvalue weighted by Crippen LogP contribution is -2.33. The molecule has 0 radical (unpaired) electrons. The maximum atomic E-state index is 12.1. The van der Waals surface area contributed by atoms with E-state index in [1.807, 2.05) is 0 Å². The summed E-state index contributed by atoms with van der Waals surface area (Å²) in [6, 6.07) is 6.91. The van der Waals surface area contributed by atoms with E-state index in [0.717, 1.165) is 0 Å². The monoisotopic (exact) mass is 360 g/mol. The van der Waals surface area contributed by atoms with Crippen LogP contribution < -0.4 is 10.6 Å². The van der Waals surface area contributed by atoms with Gasteiger partial charge in [-0.15, -0.1) is 0 Å². The highest BCUT2D eigenvalue weighted by atomic mass is 35.5. The predicted molar refractivity (Wildman–Crippen MR) is 81.2 cm³/mol. The highest BCUT2D eigenvalue weighted by molar-refractivity contribution is 6.29. The Labute approximate surface area is 139 Å². The van der Waals surface area contributed by atoms with Gasteiger partial charge in [0.25, 0.3) is 11.8 Å². The summed E-state index contributed by atoms with van der Waals surface area (Å²) in [5, 5.41) is 4.31. The molecule has 0 bridgehead atoms. The molecular formula is C15H12ClF3N2O3.